The molecule has 0 fully saturated rings. The summed E-state index contributed by atoms with van der Waals surface area (Å²) < 4.78 is 0. The summed E-state index contributed by atoms with van der Waals surface area (Å²) >= 11 is 0. The van der Waals surface area contributed by atoms with Crippen LogP contribution in [0.2, 0.25) is 0 Å². The summed E-state index contributed by atoms with van der Waals surface area (Å²) in [5.74, 6) is 0. The molecular formula is C12Fe2N12Zr. The minimum absolute atomic E-state index is 0. The third kappa shape index (κ3) is 485. The van der Waals surface area contributed by atoms with Crippen LogP contribution in [0, 0.1) is 142 Å². The predicted octanol–water partition coefficient (Wildman–Crippen LogP) is 1.15. The molecule has 0 amide bonds. The van der Waals surface area contributed by atoms with E-state index < -0.39 is 0 Å². The molecule has 0 spiro atoms. The van der Waals surface area contributed by atoms with Crippen LogP contribution in [0.5, 0.6) is 0 Å². The molecular weight excluding hydrogens is 515 g/mol. The molecule has 0 radical (unpaired) electrons. The summed E-state index contributed by atoms with van der Waals surface area (Å²) in [5.41, 5.74) is 0. The van der Waals surface area contributed by atoms with Gasteiger partial charge in [0.05, 0.1) is 0 Å². The minimum atomic E-state index is 0. The quantitative estimate of drug-likeness (QED) is 0.324. The fourth-order valence-corrected chi connectivity index (χ4v) is 0. The molecule has 0 atom stereocenters. The predicted molar refractivity (Wildman–Crippen MR) is 59.6 cm³/mol. The van der Waals surface area contributed by atoms with Crippen molar-refractivity contribution in [2.45, 2.75) is 0 Å². The van der Waals surface area contributed by atoms with Crippen LogP contribution < -0.4 is 0 Å². The van der Waals surface area contributed by atoms with Gasteiger partial charge in [-0.2, -0.15) is 0 Å². The van der Waals surface area contributed by atoms with Crippen molar-refractivity contribution in [3.63, 3.8) is 0 Å². The van der Waals surface area contributed by atoms with Gasteiger partial charge < -0.3 is 142 Å². The zero-order valence-corrected chi connectivity index (χ0v) is 17.2. The number of hydrogen-bond donors (Lipinski definition) is 0. The molecule has 0 rings (SSSR count). The van der Waals surface area contributed by atoms with Crippen LogP contribution in [0.4, 0.5) is 0 Å². The van der Waals surface area contributed by atoms with Crippen molar-refractivity contribution in [1.29, 1.82) is 63.1 Å². The van der Waals surface area contributed by atoms with Crippen LogP contribution in [-0.4, -0.2) is 0 Å². The van der Waals surface area contributed by atoms with Crippen molar-refractivity contribution < 1.29 is 60.3 Å². The van der Waals surface area contributed by atoms with Crippen LogP contribution in [0.25, 0.3) is 0 Å². The molecule has 0 aliphatic heterocycles. The SMILES string of the molecule is [C-]#N.[C-]#N.[C-]#N.[C-]#N.[C-]#N.[C-]#N.[C-]#N.[C-]#N.[C-]#N.[C-]#N.[C-]#N.[C-]#N.[Fe+4].[Fe+4].[Zr+4]. The maximum Gasteiger partial charge on any atom is 4.00 e. The third-order valence-corrected chi connectivity index (χ3v) is 0. The second kappa shape index (κ2) is 535. The zero-order chi connectivity index (χ0) is 24.0. The Labute approximate surface area is 201 Å². The molecule has 0 aromatic rings. The molecule has 12 nitrogen and oxygen atoms in total. The van der Waals surface area contributed by atoms with Crippen molar-refractivity contribution in [3.8, 4) is 0 Å². The van der Waals surface area contributed by atoms with Crippen molar-refractivity contribution >= 4 is 0 Å². The van der Waals surface area contributed by atoms with Crippen LogP contribution in [0.15, 0.2) is 0 Å². The van der Waals surface area contributed by atoms with Gasteiger partial charge in [0, 0.05) is 0 Å². The first-order valence-electron chi connectivity index (χ1n) is 2.68. The Hall–Kier alpha value is -4.20. The maximum absolute atomic E-state index is 6.25. The molecule has 0 aromatic heterocycles. The Bertz CT molecular complexity index is 226. The third-order valence-electron chi connectivity index (χ3n) is 0. The molecule has 0 heterocycles. The standard InChI is InChI=1S/12CN.2Fe.Zr/c12*1-2;;;/q12*-1;3*+4. The zero-order valence-electron chi connectivity index (χ0n) is 12.6. The first kappa shape index (κ1) is 178. The average molecular weight is 515 g/mol. The number of nitrogens with zero attached hydrogens (tertiary/aromatic N) is 12. The summed E-state index contributed by atoms with van der Waals surface area (Å²) in [5, 5.41) is 75.0. The molecule has 0 aliphatic carbocycles. The summed E-state index contributed by atoms with van der Waals surface area (Å²) in [6.07, 6.45) is 0. The molecule has 0 bridgehead atoms. The number of rotatable bonds is 0. The van der Waals surface area contributed by atoms with Gasteiger partial charge in [0.25, 0.3) is 0 Å². The Morgan fingerprint density at radius 1 is 0.185 bits per heavy atom. The van der Waals surface area contributed by atoms with Gasteiger partial charge in [-0.15, -0.1) is 0 Å². The second-order valence-corrected chi connectivity index (χ2v) is 0. The van der Waals surface area contributed by atoms with Crippen LogP contribution >= 0.6 is 0 Å². The van der Waals surface area contributed by atoms with E-state index in [1.807, 2.05) is 0 Å². The Balaban J connectivity index is -0.00000000443. The average Bonchev–Trinajstić information content (AvgIpc) is 2.84. The van der Waals surface area contributed by atoms with Gasteiger partial charge >= 0.3 is 60.3 Å². The first-order chi connectivity index (χ1) is 12.0. The largest absolute Gasteiger partial charge is 4.00 e. The van der Waals surface area contributed by atoms with E-state index in [0.717, 1.165) is 0 Å². The Kier molecular flexibility index (Phi) is 3530. The van der Waals surface area contributed by atoms with E-state index in [9.17, 15) is 0 Å². The topological polar surface area (TPSA) is 285 Å². The molecule has 0 unspecified atom stereocenters. The van der Waals surface area contributed by atoms with Crippen LogP contribution in [0.3, 0.4) is 0 Å². The summed E-state index contributed by atoms with van der Waals surface area (Å²) in [4.78, 5) is 0. The van der Waals surface area contributed by atoms with E-state index in [0.29, 0.717) is 0 Å². The molecule has 128 valence electrons. The van der Waals surface area contributed by atoms with Gasteiger partial charge in [0.1, 0.15) is 0 Å². The molecule has 0 aliphatic rings. The first-order valence-corrected chi connectivity index (χ1v) is 2.68. The van der Waals surface area contributed by atoms with Crippen LogP contribution in [0.1, 0.15) is 0 Å². The summed E-state index contributed by atoms with van der Waals surface area (Å²) in [6, 6.07) is 0. The van der Waals surface area contributed by atoms with Crippen molar-refractivity contribution in [3.05, 3.63) is 78.9 Å². The molecule has 0 saturated heterocycles. The fraction of sp³-hybridized carbons (Fsp3) is 0. The molecule has 0 aromatic carbocycles. The van der Waals surface area contributed by atoms with Gasteiger partial charge in [-0.1, -0.05) is 0 Å². The molecule has 0 N–H and O–H groups in total. The smallest absolute Gasteiger partial charge is 0.512 e. The van der Waals surface area contributed by atoms with Gasteiger partial charge in [-0.25, -0.2) is 0 Å². The van der Waals surface area contributed by atoms with E-state index in [-0.39, 0.29) is 60.3 Å². The Morgan fingerprint density at radius 2 is 0.185 bits per heavy atom. The van der Waals surface area contributed by atoms with Gasteiger partial charge in [-0.3, -0.25) is 0 Å². The van der Waals surface area contributed by atoms with E-state index in [1.54, 1.807) is 0 Å². The van der Waals surface area contributed by atoms with E-state index >= 15 is 0 Å². The Morgan fingerprint density at radius 3 is 0.185 bits per heavy atom. The van der Waals surface area contributed by atoms with Crippen LogP contribution in [-0.2, 0) is 60.3 Å². The van der Waals surface area contributed by atoms with Gasteiger partial charge in [0.15, 0.2) is 0 Å². The monoisotopic (exact) mass is 514 g/mol. The second-order valence-electron chi connectivity index (χ2n) is 0. The van der Waals surface area contributed by atoms with Crippen molar-refractivity contribution in [2.24, 2.45) is 0 Å². The van der Waals surface area contributed by atoms with Crippen molar-refractivity contribution in [1.82, 2.24) is 0 Å². The van der Waals surface area contributed by atoms with E-state index in [2.05, 4.69) is 0 Å². The summed E-state index contributed by atoms with van der Waals surface area (Å²) in [6.45, 7) is 57.0. The fourth-order valence-electron chi connectivity index (χ4n) is 0. The normalized spacial score (nSPS) is 0.889. The van der Waals surface area contributed by atoms with Crippen molar-refractivity contribution in [2.75, 3.05) is 0 Å². The summed E-state index contributed by atoms with van der Waals surface area (Å²) in [7, 11) is 0. The minimum Gasteiger partial charge on any atom is -0.512 e. The molecule has 27 heavy (non-hydrogen) atoms. The van der Waals surface area contributed by atoms with E-state index in [1.165, 1.54) is 0 Å². The number of hydrogen-bond acceptors (Lipinski definition) is 12. The molecule has 15 heteroatoms. The van der Waals surface area contributed by atoms with E-state index in [4.69, 9.17) is 142 Å². The van der Waals surface area contributed by atoms with Gasteiger partial charge in [0.2, 0.25) is 0 Å². The van der Waals surface area contributed by atoms with Gasteiger partial charge in [-0.05, 0) is 0 Å². The maximum atomic E-state index is 6.25. The molecule has 0 saturated carbocycles.